The first-order chi connectivity index (χ1) is 11.0. The van der Waals surface area contributed by atoms with E-state index in [0.717, 1.165) is 10.8 Å². The standard InChI is InChI=1S/C12H20F3N2O5S2/c1-3-5-7-16-8-9-17(23(18,19)10-6-4-2)11(16)22-24(20,21)12(13,14)15/h8-9H,3-7,10H2,1-2H3/q+1. The van der Waals surface area contributed by atoms with Crippen LogP contribution in [-0.2, 0) is 26.7 Å². The van der Waals surface area contributed by atoms with Crippen molar-refractivity contribution >= 4 is 20.1 Å². The van der Waals surface area contributed by atoms with E-state index in [2.05, 4.69) is 4.18 Å². The van der Waals surface area contributed by atoms with Gasteiger partial charge in [-0.15, -0.1) is 0 Å². The molecule has 0 bridgehead atoms. The van der Waals surface area contributed by atoms with E-state index in [4.69, 9.17) is 0 Å². The smallest absolute Gasteiger partial charge is 0.301 e. The Morgan fingerprint density at radius 2 is 1.71 bits per heavy atom. The van der Waals surface area contributed by atoms with Gasteiger partial charge in [0, 0.05) is 0 Å². The lowest BCUT2D eigenvalue weighted by Gasteiger charge is -2.09. The molecule has 0 atom stereocenters. The Kier molecular flexibility index (Phi) is 6.67. The Morgan fingerprint density at radius 1 is 1.12 bits per heavy atom. The number of hydrogen-bond acceptors (Lipinski definition) is 5. The molecule has 0 saturated carbocycles. The van der Waals surface area contributed by atoms with Crippen LogP contribution in [-0.4, -0.2) is 32.1 Å². The molecule has 1 heterocycles. The maximum absolute atomic E-state index is 12.6. The van der Waals surface area contributed by atoms with E-state index < -0.39 is 31.7 Å². The average molecular weight is 393 g/mol. The van der Waals surface area contributed by atoms with E-state index >= 15 is 0 Å². The molecular weight excluding hydrogens is 373 g/mol. The predicted molar refractivity (Wildman–Crippen MR) is 79.2 cm³/mol. The summed E-state index contributed by atoms with van der Waals surface area (Å²) >= 11 is 0. The van der Waals surface area contributed by atoms with E-state index in [1.165, 1.54) is 6.20 Å². The second kappa shape index (κ2) is 7.72. The lowest BCUT2D eigenvalue weighted by molar-refractivity contribution is -0.699. The van der Waals surface area contributed by atoms with Crippen molar-refractivity contribution in [1.82, 2.24) is 3.97 Å². The fraction of sp³-hybridized carbons (Fsp3) is 0.750. The second-order valence-corrected chi connectivity index (χ2v) is 8.58. The van der Waals surface area contributed by atoms with Crippen molar-refractivity contribution in [3.05, 3.63) is 12.4 Å². The van der Waals surface area contributed by atoms with Gasteiger partial charge in [0.15, 0.2) is 6.20 Å². The van der Waals surface area contributed by atoms with Crippen molar-refractivity contribution < 1.29 is 38.8 Å². The van der Waals surface area contributed by atoms with E-state index in [-0.39, 0.29) is 18.7 Å². The summed E-state index contributed by atoms with van der Waals surface area (Å²) in [6, 6.07) is -0.892. The molecule has 0 aromatic carbocycles. The van der Waals surface area contributed by atoms with E-state index in [1.54, 1.807) is 6.92 Å². The van der Waals surface area contributed by atoms with Gasteiger partial charge >= 0.3 is 31.7 Å². The zero-order valence-electron chi connectivity index (χ0n) is 13.3. The third-order valence-corrected chi connectivity index (χ3v) is 5.71. The van der Waals surface area contributed by atoms with Crippen LogP contribution in [0.15, 0.2) is 12.4 Å². The summed E-state index contributed by atoms with van der Waals surface area (Å²) in [4.78, 5) is 0. The van der Waals surface area contributed by atoms with Gasteiger partial charge in [-0.25, -0.2) is 0 Å². The third kappa shape index (κ3) is 4.85. The predicted octanol–water partition coefficient (Wildman–Crippen LogP) is 1.78. The molecule has 1 aromatic rings. The van der Waals surface area contributed by atoms with E-state index in [1.807, 2.05) is 6.92 Å². The number of nitrogens with zero attached hydrogens (tertiary/aromatic N) is 2. The minimum absolute atomic E-state index is 0.121. The van der Waals surface area contributed by atoms with Crippen LogP contribution in [0.4, 0.5) is 13.2 Å². The summed E-state index contributed by atoms with van der Waals surface area (Å²) in [6.45, 7) is 3.69. The number of alkyl halides is 3. The number of hydrogen-bond donors (Lipinski definition) is 0. The summed E-state index contributed by atoms with van der Waals surface area (Å²) in [6.07, 6.45) is 4.18. The largest absolute Gasteiger partial charge is 0.534 e. The summed E-state index contributed by atoms with van der Waals surface area (Å²) in [5.74, 6) is -0.339. The third-order valence-electron chi connectivity index (χ3n) is 3.09. The van der Waals surface area contributed by atoms with Gasteiger partial charge < -0.3 is 4.18 Å². The maximum atomic E-state index is 12.6. The molecule has 0 aliphatic heterocycles. The second-order valence-electron chi connectivity index (χ2n) is 5.08. The highest BCUT2D eigenvalue weighted by Crippen LogP contribution is 2.26. The number of unbranched alkanes of at least 4 members (excludes halogenated alkanes) is 2. The van der Waals surface area contributed by atoms with Crippen molar-refractivity contribution in [2.24, 2.45) is 0 Å². The van der Waals surface area contributed by atoms with Gasteiger partial charge in [-0.3, -0.25) is 0 Å². The molecule has 0 fully saturated rings. The van der Waals surface area contributed by atoms with Crippen LogP contribution in [0.25, 0.3) is 0 Å². The maximum Gasteiger partial charge on any atom is 0.534 e. The van der Waals surface area contributed by atoms with Crippen LogP contribution in [0, 0.1) is 0 Å². The van der Waals surface area contributed by atoms with Gasteiger partial charge in [-0.2, -0.15) is 34.6 Å². The topological polar surface area (TPSA) is 86.3 Å². The molecule has 0 radical (unpaired) electrons. The Bertz CT molecular complexity index is 754. The Labute approximate surface area is 139 Å². The number of halogens is 3. The normalized spacial score (nSPS) is 13.2. The molecule has 1 rings (SSSR count). The molecule has 0 amide bonds. The number of rotatable bonds is 9. The van der Waals surface area contributed by atoms with Crippen LogP contribution < -0.4 is 8.75 Å². The minimum atomic E-state index is -5.98. The first-order valence-electron chi connectivity index (χ1n) is 7.31. The van der Waals surface area contributed by atoms with Crippen molar-refractivity contribution in [2.75, 3.05) is 5.75 Å². The number of imidazole rings is 1. The van der Waals surface area contributed by atoms with Crippen molar-refractivity contribution in [3.63, 3.8) is 0 Å². The van der Waals surface area contributed by atoms with Gasteiger partial charge in [0.2, 0.25) is 0 Å². The summed E-state index contributed by atoms with van der Waals surface area (Å²) < 4.78 is 90.3. The molecule has 0 spiro atoms. The number of aryl methyl sites for hydroxylation is 1. The lowest BCUT2D eigenvalue weighted by atomic mass is 10.3. The lowest BCUT2D eigenvalue weighted by Crippen LogP contribution is -2.39. The SMILES string of the molecule is CCCC[n+]1ccn(S(=O)(=O)CCCC)c1OS(=O)(=O)C(F)(F)F. The van der Waals surface area contributed by atoms with Gasteiger partial charge in [0.05, 0.1) is 12.3 Å². The molecule has 0 N–H and O–H groups in total. The van der Waals surface area contributed by atoms with Crippen LogP contribution >= 0.6 is 0 Å². The quantitative estimate of drug-likeness (QED) is 0.363. The van der Waals surface area contributed by atoms with E-state index in [0.29, 0.717) is 23.2 Å². The summed E-state index contributed by atoms with van der Waals surface area (Å²) in [5.41, 5.74) is -5.65. The van der Waals surface area contributed by atoms with Crippen LogP contribution in [0.5, 0.6) is 6.01 Å². The fourth-order valence-corrected chi connectivity index (χ4v) is 3.74. The molecule has 0 aliphatic carbocycles. The molecule has 1 aromatic heterocycles. The average Bonchev–Trinajstić information content (AvgIpc) is 2.84. The molecule has 24 heavy (non-hydrogen) atoms. The summed E-state index contributed by atoms with van der Waals surface area (Å²) in [5, 5.41) is 0. The first kappa shape index (κ1) is 20.7. The molecule has 7 nitrogen and oxygen atoms in total. The van der Waals surface area contributed by atoms with Crippen LogP contribution in [0.2, 0.25) is 0 Å². The number of aromatic nitrogens is 2. The minimum Gasteiger partial charge on any atom is -0.301 e. The highest BCUT2D eigenvalue weighted by Gasteiger charge is 2.51. The van der Waals surface area contributed by atoms with Gasteiger partial charge in [0.25, 0.3) is 0 Å². The van der Waals surface area contributed by atoms with Gasteiger partial charge in [0.1, 0.15) is 6.20 Å². The van der Waals surface area contributed by atoms with Crippen LogP contribution in [0.3, 0.4) is 0 Å². The van der Waals surface area contributed by atoms with Crippen LogP contribution in [0.1, 0.15) is 39.5 Å². The zero-order chi connectivity index (χ0) is 18.6. The molecule has 0 unspecified atom stereocenters. The van der Waals surface area contributed by atoms with Crippen molar-refractivity contribution in [2.45, 2.75) is 51.6 Å². The van der Waals surface area contributed by atoms with Gasteiger partial charge in [-0.05, 0) is 12.8 Å². The Hall–Kier alpha value is -1.30. The fourth-order valence-electron chi connectivity index (χ4n) is 1.76. The zero-order valence-corrected chi connectivity index (χ0v) is 14.9. The Morgan fingerprint density at radius 3 is 2.21 bits per heavy atom. The summed E-state index contributed by atoms with van der Waals surface area (Å²) in [7, 11) is -10.0. The highest BCUT2D eigenvalue weighted by molar-refractivity contribution is 7.90. The molecule has 0 aliphatic rings. The monoisotopic (exact) mass is 393 g/mol. The highest BCUT2D eigenvalue weighted by atomic mass is 32.2. The molecular formula is C12H20F3N2O5S2+. The molecule has 140 valence electrons. The molecule has 12 heteroatoms. The Balaban J connectivity index is 3.35. The first-order valence-corrected chi connectivity index (χ1v) is 10.3. The van der Waals surface area contributed by atoms with Crippen molar-refractivity contribution in [1.29, 1.82) is 0 Å². The van der Waals surface area contributed by atoms with Gasteiger partial charge in [-0.1, -0.05) is 30.7 Å². The van der Waals surface area contributed by atoms with E-state index in [9.17, 15) is 30.0 Å². The molecule has 0 saturated heterocycles. The van der Waals surface area contributed by atoms with Crippen molar-refractivity contribution in [3.8, 4) is 6.01 Å².